The number of esters is 1. The van der Waals surface area contributed by atoms with Crippen LogP contribution in [0.4, 0.5) is 4.39 Å². The number of unbranched alkanes of at least 4 members (excludes halogenated alkanes) is 5. The SMILES string of the molecule is CCCCCCCCNC(=O)C(CO)NC(=O)C(c1cc(C=CC(=O)OC)ccc1F)[C@H]1CC2CCC1O2. The predicted molar refractivity (Wildman–Crippen MR) is 142 cm³/mol. The van der Waals surface area contributed by atoms with Crippen LogP contribution in [0.15, 0.2) is 24.3 Å². The molecule has 3 rings (SSSR count). The van der Waals surface area contributed by atoms with Gasteiger partial charge in [-0.15, -0.1) is 0 Å². The summed E-state index contributed by atoms with van der Waals surface area (Å²) in [6.45, 7) is 2.05. The Kier molecular flexibility index (Phi) is 11.7. The molecule has 2 saturated heterocycles. The minimum Gasteiger partial charge on any atom is -0.466 e. The number of aliphatic hydroxyl groups excluding tert-OH is 1. The van der Waals surface area contributed by atoms with E-state index in [1.54, 1.807) is 0 Å². The lowest BCUT2D eigenvalue weighted by molar-refractivity contribution is -0.134. The summed E-state index contributed by atoms with van der Waals surface area (Å²) in [6, 6.07) is 3.17. The van der Waals surface area contributed by atoms with Crippen molar-refractivity contribution in [3.63, 3.8) is 0 Å². The summed E-state index contributed by atoms with van der Waals surface area (Å²) in [4.78, 5) is 37.9. The summed E-state index contributed by atoms with van der Waals surface area (Å²) in [5.41, 5.74) is 0.698. The number of benzene rings is 1. The van der Waals surface area contributed by atoms with Crippen LogP contribution < -0.4 is 10.6 Å². The third-order valence-electron chi connectivity index (χ3n) is 7.48. The standard InChI is InChI=1S/C29H41FN2O6/c1-3-4-5-6-7-8-15-31-28(35)24(18-33)32-29(36)27(22-17-20-11-13-25(22)38-20)21-16-19(9-12-23(21)30)10-14-26(34)37-2/h9-10,12,14,16,20,22,24-25,27,33H,3-8,11,13,15,17-18H2,1-2H3,(H,31,35)(H,32,36)/t20?,22-,24?,25?,27?/m0/s1. The van der Waals surface area contributed by atoms with Gasteiger partial charge in [-0.2, -0.15) is 0 Å². The van der Waals surface area contributed by atoms with Gasteiger partial charge in [-0.05, 0) is 49.5 Å². The second-order valence-electron chi connectivity index (χ2n) is 10.2. The molecule has 0 aromatic heterocycles. The van der Waals surface area contributed by atoms with Crippen molar-refractivity contribution in [1.29, 1.82) is 0 Å². The van der Waals surface area contributed by atoms with Gasteiger partial charge in [-0.3, -0.25) is 9.59 Å². The first-order valence-electron chi connectivity index (χ1n) is 13.8. The Morgan fingerprint density at radius 1 is 1.16 bits per heavy atom. The Balaban J connectivity index is 1.72. The smallest absolute Gasteiger partial charge is 0.330 e. The molecule has 5 atom stereocenters. The number of halogens is 1. The van der Waals surface area contributed by atoms with E-state index in [1.807, 2.05) is 0 Å². The first kappa shape index (κ1) is 29.8. The van der Waals surface area contributed by atoms with E-state index < -0.39 is 42.2 Å². The maximum absolute atomic E-state index is 15.2. The third-order valence-corrected chi connectivity index (χ3v) is 7.48. The van der Waals surface area contributed by atoms with E-state index >= 15 is 4.39 Å². The van der Waals surface area contributed by atoms with Gasteiger partial charge in [0.1, 0.15) is 11.9 Å². The number of fused-ring (bicyclic) bond motifs is 2. The van der Waals surface area contributed by atoms with E-state index in [4.69, 9.17) is 4.74 Å². The fourth-order valence-electron chi connectivity index (χ4n) is 5.43. The van der Waals surface area contributed by atoms with Crippen LogP contribution in [0.25, 0.3) is 6.08 Å². The number of methoxy groups -OCH3 is 1. The van der Waals surface area contributed by atoms with Crippen LogP contribution >= 0.6 is 0 Å². The molecular weight excluding hydrogens is 491 g/mol. The average Bonchev–Trinajstić information content (AvgIpc) is 3.55. The van der Waals surface area contributed by atoms with Crippen molar-refractivity contribution in [1.82, 2.24) is 10.6 Å². The Bertz CT molecular complexity index is 984. The van der Waals surface area contributed by atoms with E-state index in [9.17, 15) is 19.5 Å². The van der Waals surface area contributed by atoms with Crippen molar-refractivity contribution >= 4 is 23.9 Å². The molecule has 9 heteroatoms. The van der Waals surface area contributed by atoms with Crippen molar-refractivity contribution < 1.29 is 33.4 Å². The minimum atomic E-state index is -1.14. The number of carbonyl (C=O) groups is 3. The zero-order chi connectivity index (χ0) is 27.5. The second-order valence-corrected chi connectivity index (χ2v) is 10.2. The molecule has 2 amide bonds. The van der Waals surface area contributed by atoms with Gasteiger partial charge in [0.25, 0.3) is 0 Å². The monoisotopic (exact) mass is 532 g/mol. The highest BCUT2D eigenvalue weighted by Gasteiger charge is 2.48. The van der Waals surface area contributed by atoms with Gasteiger partial charge in [0.05, 0.1) is 31.8 Å². The van der Waals surface area contributed by atoms with Crippen molar-refractivity contribution in [3.8, 4) is 0 Å². The average molecular weight is 533 g/mol. The van der Waals surface area contributed by atoms with Crippen molar-refractivity contribution in [2.24, 2.45) is 5.92 Å². The fraction of sp³-hybridized carbons (Fsp3) is 0.621. The predicted octanol–water partition coefficient (Wildman–Crippen LogP) is 3.62. The van der Waals surface area contributed by atoms with E-state index in [-0.39, 0.29) is 23.7 Å². The van der Waals surface area contributed by atoms with Gasteiger partial charge in [0.15, 0.2) is 0 Å². The summed E-state index contributed by atoms with van der Waals surface area (Å²) in [5.74, 6) is -3.30. The van der Waals surface area contributed by atoms with E-state index in [0.29, 0.717) is 18.5 Å². The molecule has 2 aliphatic rings. The first-order chi connectivity index (χ1) is 18.4. The van der Waals surface area contributed by atoms with Crippen LogP contribution in [0.2, 0.25) is 0 Å². The molecule has 4 unspecified atom stereocenters. The largest absolute Gasteiger partial charge is 0.466 e. The Morgan fingerprint density at radius 2 is 1.92 bits per heavy atom. The molecule has 0 radical (unpaired) electrons. The van der Waals surface area contributed by atoms with Gasteiger partial charge in [-0.1, -0.05) is 45.1 Å². The van der Waals surface area contributed by atoms with Crippen molar-refractivity contribution in [3.05, 3.63) is 41.2 Å². The van der Waals surface area contributed by atoms with Crippen molar-refractivity contribution in [2.75, 3.05) is 20.3 Å². The van der Waals surface area contributed by atoms with E-state index in [2.05, 4.69) is 22.3 Å². The van der Waals surface area contributed by atoms with Gasteiger partial charge in [-0.25, -0.2) is 9.18 Å². The van der Waals surface area contributed by atoms with Crippen LogP contribution in [0, 0.1) is 11.7 Å². The first-order valence-corrected chi connectivity index (χ1v) is 13.8. The Morgan fingerprint density at radius 3 is 2.58 bits per heavy atom. The zero-order valence-corrected chi connectivity index (χ0v) is 22.4. The van der Waals surface area contributed by atoms with Gasteiger partial charge < -0.3 is 25.2 Å². The highest BCUT2D eigenvalue weighted by atomic mass is 19.1. The van der Waals surface area contributed by atoms with Crippen LogP contribution in [0.5, 0.6) is 0 Å². The zero-order valence-electron chi connectivity index (χ0n) is 22.4. The van der Waals surface area contributed by atoms with Crippen LogP contribution in [-0.2, 0) is 23.9 Å². The van der Waals surface area contributed by atoms with Crippen LogP contribution in [0.1, 0.15) is 81.8 Å². The molecule has 8 nitrogen and oxygen atoms in total. The molecular formula is C29H41FN2O6. The number of hydrogen-bond donors (Lipinski definition) is 3. The number of amides is 2. The van der Waals surface area contributed by atoms with Crippen LogP contribution in [-0.4, -0.2) is 61.4 Å². The molecule has 210 valence electrons. The molecule has 1 aromatic carbocycles. The summed E-state index contributed by atoms with van der Waals surface area (Å²) in [6.07, 6.45) is 11.3. The lowest BCUT2D eigenvalue weighted by Crippen LogP contribution is -2.51. The molecule has 0 aliphatic carbocycles. The number of nitrogens with one attached hydrogen (secondary N) is 2. The summed E-state index contributed by atoms with van der Waals surface area (Å²) >= 11 is 0. The quantitative estimate of drug-likeness (QED) is 0.181. The number of aliphatic hydroxyl groups is 1. The normalized spacial score (nSPS) is 21.8. The fourth-order valence-corrected chi connectivity index (χ4v) is 5.43. The number of ether oxygens (including phenoxy) is 2. The lowest BCUT2D eigenvalue weighted by Gasteiger charge is -2.29. The molecule has 2 heterocycles. The highest BCUT2D eigenvalue weighted by Crippen LogP contribution is 2.46. The van der Waals surface area contributed by atoms with E-state index in [0.717, 1.165) is 32.1 Å². The molecule has 0 saturated carbocycles. The molecule has 3 N–H and O–H groups in total. The van der Waals surface area contributed by atoms with Gasteiger partial charge in [0, 0.05) is 24.1 Å². The van der Waals surface area contributed by atoms with Gasteiger partial charge in [0.2, 0.25) is 11.8 Å². The molecule has 2 aliphatic heterocycles. The topological polar surface area (TPSA) is 114 Å². The summed E-state index contributed by atoms with van der Waals surface area (Å²) in [7, 11) is 1.26. The van der Waals surface area contributed by atoms with Gasteiger partial charge >= 0.3 is 5.97 Å². The molecule has 2 bridgehead atoms. The van der Waals surface area contributed by atoms with E-state index in [1.165, 1.54) is 56.7 Å². The maximum atomic E-state index is 15.2. The molecule has 1 aromatic rings. The number of hydrogen-bond acceptors (Lipinski definition) is 6. The lowest BCUT2D eigenvalue weighted by atomic mass is 9.75. The second kappa shape index (κ2) is 15.0. The molecule has 0 spiro atoms. The number of rotatable bonds is 15. The Hall–Kier alpha value is -2.78. The maximum Gasteiger partial charge on any atom is 0.330 e. The van der Waals surface area contributed by atoms with Crippen molar-refractivity contribution in [2.45, 2.75) is 88.9 Å². The highest BCUT2D eigenvalue weighted by molar-refractivity contribution is 5.91. The summed E-state index contributed by atoms with van der Waals surface area (Å²) < 4.78 is 25.8. The Labute approximate surface area is 224 Å². The summed E-state index contributed by atoms with van der Waals surface area (Å²) in [5, 5.41) is 15.3. The minimum absolute atomic E-state index is 0.0278. The molecule has 2 fully saturated rings. The van der Waals surface area contributed by atoms with Crippen LogP contribution in [0.3, 0.4) is 0 Å². The molecule has 38 heavy (non-hydrogen) atoms. The number of carbonyl (C=O) groups excluding carboxylic acids is 3. The third kappa shape index (κ3) is 8.11.